The summed E-state index contributed by atoms with van der Waals surface area (Å²) in [6.07, 6.45) is -5.95. The molecule has 0 radical (unpaired) electrons. The molecular formula is C6H6F5NO2. The summed E-state index contributed by atoms with van der Waals surface area (Å²) in [6, 6.07) is 0. The number of halogens is 5. The highest BCUT2D eigenvalue weighted by atomic mass is 19.4. The molecular weight excluding hydrogens is 213 g/mol. The monoisotopic (exact) mass is 219 g/mol. The summed E-state index contributed by atoms with van der Waals surface area (Å²) in [5.41, 5.74) is 2.50. The zero-order chi connectivity index (χ0) is 11.6. The molecule has 3 nitrogen and oxygen atoms in total. The van der Waals surface area contributed by atoms with Crippen molar-refractivity contribution in [1.29, 1.82) is 0 Å². The Balaban J connectivity index is 4.93. The Labute approximate surface area is 75.3 Å². The van der Waals surface area contributed by atoms with Gasteiger partial charge in [0, 0.05) is 6.08 Å². The van der Waals surface area contributed by atoms with Crippen LogP contribution in [0.3, 0.4) is 0 Å². The molecule has 0 rings (SSSR count). The smallest absolute Gasteiger partial charge is 0.459 e. The molecule has 0 bridgehead atoms. The minimum absolute atomic E-state index is 0.118. The summed E-state index contributed by atoms with van der Waals surface area (Å²) < 4.78 is 63.3. The van der Waals surface area contributed by atoms with E-state index >= 15 is 0 Å². The summed E-state index contributed by atoms with van der Waals surface area (Å²) >= 11 is 0. The van der Waals surface area contributed by atoms with E-state index < -0.39 is 23.8 Å². The second-order valence-corrected chi connectivity index (χ2v) is 2.19. The quantitative estimate of drug-likeness (QED) is 0.431. The van der Waals surface area contributed by atoms with Crippen molar-refractivity contribution in [3.8, 4) is 0 Å². The van der Waals surface area contributed by atoms with E-state index in [0.717, 1.165) is 7.11 Å². The molecule has 82 valence electrons. The highest BCUT2D eigenvalue weighted by molar-refractivity contribution is 5.82. The van der Waals surface area contributed by atoms with Gasteiger partial charge in [0.1, 0.15) is 0 Å². The van der Waals surface area contributed by atoms with Gasteiger partial charge in [-0.15, -0.1) is 0 Å². The number of hydrogen-bond acceptors (Lipinski definition) is 3. The molecule has 0 heterocycles. The maximum absolute atomic E-state index is 12.3. The van der Waals surface area contributed by atoms with Crippen LogP contribution in [0.15, 0.2) is 11.8 Å². The van der Waals surface area contributed by atoms with Crippen LogP contribution in [0.1, 0.15) is 0 Å². The molecule has 0 aromatic heterocycles. The number of rotatable bonds is 2. The second kappa shape index (κ2) is 3.81. The highest BCUT2D eigenvalue weighted by Crippen LogP contribution is 2.38. The van der Waals surface area contributed by atoms with Crippen molar-refractivity contribution in [2.75, 3.05) is 7.11 Å². The lowest BCUT2D eigenvalue weighted by Crippen LogP contribution is -2.41. The van der Waals surface area contributed by atoms with E-state index in [9.17, 15) is 26.7 Å². The number of nitrogens with two attached hydrogens (primary N) is 1. The van der Waals surface area contributed by atoms with Crippen LogP contribution < -0.4 is 5.73 Å². The molecule has 0 saturated heterocycles. The fourth-order valence-corrected chi connectivity index (χ4v) is 0.440. The van der Waals surface area contributed by atoms with Crippen molar-refractivity contribution >= 4 is 5.97 Å². The number of hydrogen-bond donors (Lipinski definition) is 1. The topological polar surface area (TPSA) is 52.3 Å². The number of esters is 1. The van der Waals surface area contributed by atoms with Crippen LogP contribution in [-0.4, -0.2) is 25.2 Å². The van der Waals surface area contributed by atoms with Crippen molar-refractivity contribution < 1.29 is 31.5 Å². The van der Waals surface area contributed by atoms with Gasteiger partial charge in [-0.3, -0.25) is 0 Å². The van der Waals surface area contributed by atoms with Gasteiger partial charge in [-0.1, -0.05) is 0 Å². The van der Waals surface area contributed by atoms with Gasteiger partial charge in [0.05, 0.1) is 12.8 Å². The fourth-order valence-electron chi connectivity index (χ4n) is 0.440. The van der Waals surface area contributed by atoms with Gasteiger partial charge in [-0.2, -0.15) is 22.0 Å². The standard InChI is InChI=1S/C6H6F5NO2/c1-14-4(13)2-3(12)5(7,8)6(9,10)11/h2H,12H2,1H3/b3-2+. The van der Waals surface area contributed by atoms with Crippen molar-refractivity contribution in [2.24, 2.45) is 5.73 Å². The lowest BCUT2D eigenvalue weighted by atomic mass is 10.2. The summed E-state index contributed by atoms with van der Waals surface area (Å²) in [5.74, 6) is -6.62. The van der Waals surface area contributed by atoms with Crippen molar-refractivity contribution in [3.63, 3.8) is 0 Å². The zero-order valence-electron chi connectivity index (χ0n) is 6.86. The van der Waals surface area contributed by atoms with Gasteiger partial charge >= 0.3 is 18.1 Å². The van der Waals surface area contributed by atoms with E-state index in [2.05, 4.69) is 10.5 Å². The molecule has 0 aromatic rings. The van der Waals surface area contributed by atoms with Crippen LogP contribution in [0.4, 0.5) is 22.0 Å². The minimum Gasteiger partial charge on any atom is -0.466 e. The van der Waals surface area contributed by atoms with E-state index in [0.29, 0.717) is 0 Å². The van der Waals surface area contributed by atoms with Gasteiger partial charge < -0.3 is 10.5 Å². The number of ether oxygens (including phenoxy) is 1. The van der Waals surface area contributed by atoms with Crippen LogP contribution in [0.2, 0.25) is 0 Å². The van der Waals surface area contributed by atoms with E-state index in [4.69, 9.17) is 0 Å². The van der Waals surface area contributed by atoms with Crippen LogP contribution >= 0.6 is 0 Å². The van der Waals surface area contributed by atoms with Gasteiger partial charge in [0.15, 0.2) is 0 Å². The third-order valence-corrected chi connectivity index (χ3v) is 1.19. The summed E-state index contributed by atoms with van der Waals surface area (Å²) in [6.45, 7) is 0. The van der Waals surface area contributed by atoms with Gasteiger partial charge in [-0.05, 0) is 0 Å². The maximum atomic E-state index is 12.3. The highest BCUT2D eigenvalue weighted by Gasteiger charge is 2.59. The molecule has 0 aliphatic rings. The third-order valence-electron chi connectivity index (χ3n) is 1.19. The van der Waals surface area contributed by atoms with Crippen LogP contribution in [0.25, 0.3) is 0 Å². The molecule has 0 aromatic carbocycles. The first kappa shape index (κ1) is 12.7. The Morgan fingerprint density at radius 2 is 1.71 bits per heavy atom. The molecule has 0 amide bonds. The molecule has 8 heteroatoms. The SMILES string of the molecule is COC(=O)/C=C(/N)C(F)(F)C(F)(F)F. The minimum atomic E-state index is -5.83. The Kier molecular flexibility index (Phi) is 3.44. The fraction of sp³-hybridized carbons (Fsp3) is 0.500. The first-order chi connectivity index (χ1) is 6.13. The lowest BCUT2D eigenvalue weighted by molar-refractivity contribution is -0.264. The predicted molar refractivity (Wildman–Crippen MR) is 35.3 cm³/mol. The summed E-state index contributed by atoms with van der Waals surface area (Å²) in [4.78, 5) is 10.3. The summed E-state index contributed by atoms with van der Waals surface area (Å²) in [7, 11) is 0.817. The van der Waals surface area contributed by atoms with Crippen molar-refractivity contribution in [3.05, 3.63) is 11.8 Å². The Bertz CT molecular complexity index is 257. The van der Waals surface area contributed by atoms with E-state index in [1.54, 1.807) is 0 Å². The number of alkyl halides is 5. The normalized spacial score (nSPS) is 14.0. The molecule has 2 N–H and O–H groups in total. The maximum Gasteiger partial charge on any atom is 0.459 e. The second-order valence-electron chi connectivity index (χ2n) is 2.19. The molecule has 0 saturated carbocycles. The molecule has 0 unspecified atom stereocenters. The first-order valence-corrected chi connectivity index (χ1v) is 3.13. The van der Waals surface area contributed by atoms with Crippen LogP contribution in [0, 0.1) is 0 Å². The molecule has 14 heavy (non-hydrogen) atoms. The van der Waals surface area contributed by atoms with E-state index in [1.807, 2.05) is 0 Å². The number of carbonyl (C=O) groups excluding carboxylic acids is 1. The van der Waals surface area contributed by atoms with Crippen molar-refractivity contribution in [1.82, 2.24) is 0 Å². The number of allylic oxidation sites excluding steroid dienone is 1. The number of carbonyl (C=O) groups is 1. The molecule has 0 aliphatic heterocycles. The van der Waals surface area contributed by atoms with Gasteiger partial charge in [0.25, 0.3) is 0 Å². The number of methoxy groups -OCH3 is 1. The lowest BCUT2D eigenvalue weighted by Gasteiger charge is -2.19. The predicted octanol–water partition coefficient (Wildman–Crippen LogP) is 1.20. The average molecular weight is 219 g/mol. The van der Waals surface area contributed by atoms with Crippen molar-refractivity contribution in [2.45, 2.75) is 12.1 Å². The van der Waals surface area contributed by atoms with Crippen LogP contribution in [0.5, 0.6) is 0 Å². The zero-order valence-corrected chi connectivity index (χ0v) is 6.86. The Morgan fingerprint density at radius 3 is 2.00 bits per heavy atom. The Morgan fingerprint density at radius 1 is 1.29 bits per heavy atom. The average Bonchev–Trinajstić information content (AvgIpc) is 2.01. The van der Waals surface area contributed by atoms with E-state index in [-0.39, 0.29) is 6.08 Å². The molecule has 0 aliphatic carbocycles. The van der Waals surface area contributed by atoms with Gasteiger partial charge in [-0.25, -0.2) is 4.79 Å². The molecule has 0 fully saturated rings. The Hall–Kier alpha value is -1.34. The van der Waals surface area contributed by atoms with Gasteiger partial charge in [0.2, 0.25) is 0 Å². The molecule has 0 spiro atoms. The summed E-state index contributed by atoms with van der Waals surface area (Å²) in [5, 5.41) is 0. The van der Waals surface area contributed by atoms with E-state index in [1.165, 1.54) is 0 Å². The molecule has 0 atom stereocenters. The third kappa shape index (κ3) is 2.57. The van der Waals surface area contributed by atoms with Crippen LogP contribution in [-0.2, 0) is 9.53 Å². The first-order valence-electron chi connectivity index (χ1n) is 3.13. The largest absolute Gasteiger partial charge is 0.466 e.